The SMILES string of the molecule is COCCCC(N)C(=O)c1cnc2ccccc2c1. The monoisotopic (exact) mass is 258 g/mol. The van der Waals surface area contributed by atoms with E-state index in [0.29, 0.717) is 18.6 Å². The summed E-state index contributed by atoms with van der Waals surface area (Å²) in [6, 6.07) is 9.07. The Hall–Kier alpha value is -1.78. The predicted molar refractivity (Wildman–Crippen MR) is 75.2 cm³/mol. The Morgan fingerprint density at radius 2 is 2.21 bits per heavy atom. The summed E-state index contributed by atoms with van der Waals surface area (Å²) in [5, 5.41) is 0.956. The fraction of sp³-hybridized carbons (Fsp3) is 0.333. The van der Waals surface area contributed by atoms with Gasteiger partial charge in [0.05, 0.1) is 11.6 Å². The van der Waals surface area contributed by atoms with Crippen molar-refractivity contribution < 1.29 is 9.53 Å². The molecule has 0 saturated carbocycles. The molecule has 0 aliphatic rings. The smallest absolute Gasteiger partial charge is 0.181 e. The molecule has 1 unspecified atom stereocenters. The van der Waals surface area contributed by atoms with E-state index >= 15 is 0 Å². The van der Waals surface area contributed by atoms with Crippen molar-refractivity contribution in [2.24, 2.45) is 5.73 Å². The van der Waals surface area contributed by atoms with Gasteiger partial charge in [0.15, 0.2) is 5.78 Å². The maximum Gasteiger partial charge on any atom is 0.181 e. The molecule has 4 heteroatoms. The number of nitrogens with two attached hydrogens (primary N) is 1. The quantitative estimate of drug-likeness (QED) is 0.637. The Bertz CT molecular complexity index is 569. The van der Waals surface area contributed by atoms with Gasteiger partial charge in [0.25, 0.3) is 0 Å². The van der Waals surface area contributed by atoms with Crippen molar-refractivity contribution in [3.05, 3.63) is 42.1 Å². The van der Waals surface area contributed by atoms with Crippen LogP contribution < -0.4 is 5.73 Å². The number of rotatable bonds is 6. The van der Waals surface area contributed by atoms with Crippen LogP contribution in [0.2, 0.25) is 0 Å². The minimum Gasteiger partial charge on any atom is -0.385 e. The van der Waals surface area contributed by atoms with Gasteiger partial charge >= 0.3 is 0 Å². The average molecular weight is 258 g/mol. The van der Waals surface area contributed by atoms with E-state index in [9.17, 15) is 4.79 Å². The lowest BCUT2D eigenvalue weighted by Crippen LogP contribution is -2.30. The lowest BCUT2D eigenvalue weighted by atomic mass is 10.0. The van der Waals surface area contributed by atoms with Crippen LogP contribution in [0.3, 0.4) is 0 Å². The van der Waals surface area contributed by atoms with E-state index in [1.54, 1.807) is 13.3 Å². The van der Waals surface area contributed by atoms with Gasteiger partial charge in [-0.1, -0.05) is 18.2 Å². The third kappa shape index (κ3) is 3.36. The van der Waals surface area contributed by atoms with Crippen LogP contribution in [-0.4, -0.2) is 30.5 Å². The topological polar surface area (TPSA) is 65.2 Å². The third-order valence-electron chi connectivity index (χ3n) is 3.08. The molecule has 2 aromatic rings. The second-order valence-electron chi connectivity index (χ2n) is 4.52. The molecule has 0 spiro atoms. The lowest BCUT2D eigenvalue weighted by molar-refractivity contribution is 0.0950. The highest BCUT2D eigenvalue weighted by Crippen LogP contribution is 2.14. The number of pyridine rings is 1. The molecule has 2 N–H and O–H groups in total. The molecule has 1 aromatic heterocycles. The number of aromatic nitrogens is 1. The number of hydrogen-bond acceptors (Lipinski definition) is 4. The summed E-state index contributed by atoms with van der Waals surface area (Å²) in [7, 11) is 1.64. The van der Waals surface area contributed by atoms with Gasteiger partial charge in [0, 0.05) is 30.9 Å². The van der Waals surface area contributed by atoms with E-state index < -0.39 is 6.04 Å². The van der Waals surface area contributed by atoms with E-state index in [1.807, 2.05) is 30.3 Å². The molecule has 0 aliphatic heterocycles. The van der Waals surface area contributed by atoms with Crippen LogP contribution >= 0.6 is 0 Å². The minimum atomic E-state index is -0.488. The minimum absolute atomic E-state index is 0.0608. The Labute approximate surface area is 112 Å². The molecule has 19 heavy (non-hydrogen) atoms. The van der Waals surface area contributed by atoms with Crippen LogP contribution in [-0.2, 0) is 4.74 Å². The summed E-state index contributed by atoms with van der Waals surface area (Å²) in [6.07, 6.45) is 3.00. The van der Waals surface area contributed by atoms with Gasteiger partial charge in [0.2, 0.25) is 0 Å². The van der Waals surface area contributed by atoms with Gasteiger partial charge in [-0.05, 0) is 25.0 Å². The van der Waals surface area contributed by atoms with Crippen LogP contribution in [0.15, 0.2) is 36.5 Å². The predicted octanol–water partition coefficient (Wildman–Crippen LogP) is 2.17. The van der Waals surface area contributed by atoms with Crippen molar-refractivity contribution in [1.29, 1.82) is 0 Å². The third-order valence-corrected chi connectivity index (χ3v) is 3.08. The number of fused-ring (bicyclic) bond motifs is 1. The highest BCUT2D eigenvalue weighted by molar-refractivity contribution is 6.02. The number of methoxy groups -OCH3 is 1. The number of carbonyl (C=O) groups is 1. The van der Waals surface area contributed by atoms with E-state index in [2.05, 4.69) is 4.98 Å². The van der Waals surface area contributed by atoms with Gasteiger partial charge in [-0.15, -0.1) is 0 Å². The van der Waals surface area contributed by atoms with Crippen LogP contribution in [0.25, 0.3) is 10.9 Å². The number of para-hydroxylation sites is 1. The summed E-state index contributed by atoms with van der Waals surface area (Å²) in [6.45, 7) is 0.622. The summed E-state index contributed by atoms with van der Waals surface area (Å²) in [5.41, 5.74) is 7.36. The summed E-state index contributed by atoms with van der Waals surface area (Å²) >= 11 is 0. The molecule has 100 valence electrons. The number of Topliss-reactive ketones (excluding diaryl/α,β-unsaturated/α-hetero) is 1. The largest absolute Gasteiger partial charge is 0.385 e. The standard InChI is InChI=1S/C15H18N2O2/c1-19-8-4-6-13(16)15(18)12-9-11-5-2-3-7-14(11)17-10-12/h2-3,5,7,9-10,13H,4,6,8,16H2,1H3. The number of hydrogen-bond donors (Lipinski definition) is 1. The van der Waals surface area contributed by atoms with E-state index in [1.165, 1.54) is 0 Å². The zero-order chi connectivity index (χ0) is 13.7. The molecule has 2 rings (SSSR count). The van der Waals surface area contributed by atoms with Crippen molar-refractivity contribution in [3.63, 3.8) is 0 Å². The fourth-order valence-electron chi connectivity index (χ4n) is 2.00. The van der Waals surface area contributed by atoms with Gasteiger partial charge in [-0.3, -0.25) is 9.78 Å². The first-order chi connectivity index (χ1) is 9.22. The number of ether oxygens (including phenoxy) is 1. The van der Waals surface area contributed by atoms with E-state index in [-0.39, 0.29) is 5.78 Å². The first-order valence-corrected chi connectivity index (χ1v) is 6.36. The Balaban J connectivity index is 2.12. The summed E-state index contributed by atoms with van der Waals surface area (Å²) in [4.78, 5) is 16.5. The number of carbonyl (C=O) groups excluding carboxylic acids is 1. The molecule has 0 radical (unpaired) electrons. The van der Waals surface area contributed by atoms with Crippen LogP contribution in [0.5, 0.6) is 0 Å². The second kappa shape index (κ2) is 6.41. The first-order valence-electron chi connectivity index (χ1n) is 6.36. The van der Waals surface area contributed by atoms with Gasteiger partial charge < -0.3 is 10.5 Å². The molecule has 0 bridgehead atoms. The number of nitrogens with zero attached hydrogens (tertiary/aromatic N) is 1. The van der Waals surface area contributed by atoms with Crippen molar-refractivity contribution in [3.8, 4) is 0 Å². The van der Waals surface area contributed by atoms with E-state index in [0.717, 1.165) is 17.3 Å². The molecule has 0 fully saturated rings. The van der Waals surface area contributed by atoms with Gasteiger partial charge in [-0.2, -0.15) is 0 Å². The highest BCUT2D eigenvalue weighted by atomic mass is 16.5. The van der Waals surface area contributed by atoms with Crippen molar-refractivity contribution in [1.82, 2.24) is 4.98 Å². The van der Waals surface area contributed by atoms with Gasteiger partial charge in [0.1, 0.15) is 0 Å². The molecule has 1 aromatic carbocycles. The first kappa shape index (κ1) is 13.6. The number of ketones is 1. The van der Waals surface area contributed by atoms with Crippen LogP contribution in [0.4, 0.5) is 0 Å². The molecule has 0 aliphatic carbocycles. The Kier molecular flexibility index (Phi) is 4.60. The number of benzene rings is 1. The molecule has 0 saturated heterocycles. The maximum atomic E-state index is 12.2. The van der Waals surface area contributed by atoms with Crippen LogP contribution in [0, 0.1) is 0 Å². The molecule has 0 amide bonds. The molecular weight excluding hydrogens is 240 g/mol. The lowest BCUT2D eigenvalue weighted by Gasteiger charge is -2.10. The fourth-order valence-corrected chi connectivity index (χ4v) is 2.00. The molecule has 1 atom stereocenters. The summed E-state index contributed by atoms with van der Waals surface area (Å²) in [5.74, 6) is -0.0608. The second-order valence-corrected chi connectivity index (χ2v) is 4.52. The maximum absolute atomic E-state index is 12.2. The zero-order valence-corrected chi connectivity index (χ0v) is 11.0. The van der Waals surface area contributed by atoms with E-state index in [4.69, 9.17) is 10.5 Å². The van der Waals surface area contributed by atoms with Gasteiger partial charge in [-0.25, -0.2) is 0 Å². The Morgan fingerprint density at radius 3 is 3.00 bits per heavy atom. The molecular formula is C15H18N2O2. The zero-order valence-electron chi connectivity index (χ0n) is 11.0. The average Bonchev–Trinajstić information content (AvgIpc) is 2.46. The van der Waals surface area contributed by atoms with Crippen molar-refractivity contribution in [2.75, 3.05) is 13.7 Å². The summed E-state index contributed by atoms with van der Waals surface area (Å²) < 4.78 is 4.96. The van der Waals surface area contributed by atoms with Crippen LogP contribution in [0.1, 0.15) is 23.2 Å². The van der Waals surface area contributed by atoms with Crippen molar-refractivity contribution in [2.45, 2.75) is 18.9 Å². The highest BCUT2D eigenvalue weighted by Gasteiger charge is 2.16. The Morgan fingerprint density at radius 1 is 1.42 bits per heavy atom. The normalized spacial score (nSPS) is 12.5. The van der Waals surface area contributed by atoms with Crippen molar-refractivity contribution >= 4 is 16.7 Å². The molecule has 1 heterocycles. The molecule has 4 nitrogen and oxygen atoms in total.